The predicted molar refractivity (Wildman–Crippen MR) is 122 cm³/mol. The van der Waals surface area contributed by atoms with Crippen LogP contribution in [0.25, 0.3) is 10.8 Å². The SMILES string of the molecule is COCC1CCC(CCc2ccc(C#Cc3ccc4cc(F)c(F)cc4c3)c(F)c2)CC1. The van der Waals surface area contributed by atoms with Crippen LogP contribution in [0.15, 0.2) is 48.5 Å². The summed E-state index contributed by atoms with van der Waals surface area (Å²) in [7, 11) is 1.76. The maximum absolute atomic E-state index is 14.6. The Balaban J connectivity index is 1.38. The van der Waals surface area contributed by atoms with Crippen molar-refractivity contribution in [2.75, 3.05) is 13.7 Å². The molecule has 0 aliphatic heterocycles. The predicted octanol–water partition coefficient (Wildman–Crippen LogP) is 7.04. The second-order valence-electron chi connectivity index (χ2n) is 8.77. The molecule has 0 heterocycles. The van der Waals surface area contributed by atoms with Crippen LogP contribution in [-0.2, 0) is 11.2 Å². The second kappa shape index (κ2) is 10.2. The zero-order valence-corrected chi connectivity index (χ0v) is 18.3. The fraction of sp³-hybridized carbons (Fsp3) is 0.357. The molecule has 0 radical (unpaired) electrons. The monoisotopic (exact) mass is 436 g/mol. The maximum atomic E-state index is 14.6. The summed E-state index contributed by atoms with van der Waals surface area (Å²) in [4.78, 5) is 0. The Labute approximate surface area is 187 Å². The van der Waals surface area contributed by atoms with Crippen LogP contribution < -0.4 is 0 Å². The van der Waals surface area contributed by atoms with E-state index < -0.39 is 11.6 Å². The van der Waals surface area contributed by atoms with Crippen molar-refractivity contribution >= 4 is 10.8 Å². The Morgan fingerprint density at radius 1 is 0.781 bits per heavy atom. The number of aryl methyl sites for hydroxylation is 1. The van der Waals surface area contributed by atoms with Gasteiger partial charge in [-0.25, -0.2) is 13.2 Å². The number of rotatable bonds is 5. The van der Waals surface area contributed by atoms with Crippen LogP contribution in [0.1, 0.15) is 48.8 Å². The number of fused-ring (bicyclic) bond motifs is 1. The topological polar surface area (TPSA) is 9.23 Å². The van der Waals surface area contributed by atoms with E-state index in [0.717, 1.165) is 37.1 Å². The number of ether oxygens (including phenoxy) is 1. The number of halogens is 3. The standard InChI is InChI=1S/C28H27F3O/c1-32-18-22-6-3-19(4-7-22)2-5-21-9-12-23(26(29)15-21)11-8-20-10-13-24-16-27(30)28(31)17-25(24)14-20/h9-10,12-17,19,22H,2-7,18H2,1H3. The molecule has 166 valence electrons. The van der Waals surface area contributed by atoms with Gasteiger partial charge in [0.15, 0.2) is 11.6 Å². The van der Waals surface area contributed by atoms with Gasteiger partial charge in [-0.1, -0.05) is 36.8 Å². The summed E-state index contributed by atoms with van der Waals surface area (Å²) in [6.07, 6.45) is 6.84. The first-order chi connectivity index (χ1) is 15.5. The van der Waals surface area contributed by atoms with E-state index in [9.17, 15) is 13.2 Å². The highest BCUT2D eigenvalue weighted by Crippen LogP contribution is 2.32. The van der Waals surface area contributed by atoms with Gasteiger partial charge in [0.2, 0.25) is 0 Å². The molecule has 4 rings (SSSR count). The van der Waals surface area contributed by atoms with Crippen molar-refractivity contribution in [3.8, 4) is 11.8 Å². The lowest BCUT2D eigenvalue weighted by Gasteiger charge is -2.28. The molecule has 32 heavy (non-hydrogen) atoms. The van der Waals surface area contributed by atoms with Crippen molar-refractivity contribution in [3.05, 3.63) is 82.7 Å². The summed E-state index contributed by atoms with van der Waals surface area (Å²) < 4.78 is 46.7. The summed E-state index contributed by atoms with van der Waals surface area (Å²) in [6.45, 7) is 0.856. The van der Waals surface area contributed by atoms with Crippen molar-refractivity contribution < 1.29 is 17.9 Å². The average molecular weight is 437 g/mol. The van der Waals surface area contributed by atoms with Crippen LogP contribution in [0.2, 0.25) is 0 Å². The van der Waals surface area contributed by atoms with Crippen molar-refractivity contribution in [1.82, 2.24) is 0 Å². The van der Waals surface area contributed by atoms with Gasteiger partial charge in [-0.3, -0.25) is 0 Å². The lowest BCUT2D eigenvalue weighted by atomic mass is 9.80. The normalized spacial score (nSPS) is 18.4. The Morgan fingerprint density at radius 2 is 1.50 bits per heavy atom. The molecule has 3 aromatic carbocycles. The van der Waals surface area contributed by atoms with Gasteiger partial charge in [0, 0.05) is 19.3 Å². The summed E-state index contributed by atoms with van der Waals surface area (Å²) in [5.74, 6) is 5.09. The Bertz CT molecular complexity index is 1150. The third-order valence-corrected chi connectivity index (χ3v) is 6.46. The fourth-order valence-corrected chi connectivity index (χ4v) is 4.57. The van der Waals surface area contributed by atoms with Gasteiger partial charge in [0.05, 0.1) is 5.56 Å². The molecule has 0 atom stereocenters. The molecule has 0 bridgehead atoms. The molecule has 0 amide bonds. The Hall–Kier alpha value is -2.77. The summed E-state index contributed by atoms with van der Waals surface area (Å²) in [5.41, 5.74) is 1.95. The highest BCUT2D eigenvalue weighted by atomic mass is 19.2. The summed E-state index contributed by atoms with van der Waals surface area (Å²) in [6, 6.07) is 12.6. The lowest BCUT2D eigenvalue weighted by Crippen LogP contribution is -2.18. The maximum Gasteiger partial charge on any atom is 0.159 e. The second-order valence-corrected chi connectivity index (χ2v) is 8.77. The molecule has 1 fully saturated rings. The van der Waals surface area contributed by atoms with Crippen LogP contribution in [0.4, 0.5) is 13.2 Å². The van der Waals surface area contributed by atoms with Crippen LogP contribution in [-0.4, -0.2) is 13.7 Å². The molecule has 4 heteroatoms. The van der Waals surface area contributed by atoms with E-state index in [1.54, 1.807) is 37.4 Å². The average Bonchev–Trinajstić information content (AvgIpc) is 2.79. The van der Waals surface area contributed by atoms with Crippen LogP contribution in [0, 0.1) is 41.1 Å². The van der Waals surface area contributed by atoms with E-state index in [0.29, 0.717) is 33.7 Å². The third kappa shape index (κ3) is 5.53. The van der Waals surface area contributed by atoms with Gasteiger partial charge in [-0.15, -0.1) is 0 Å². The quantitative estimate of drug-likeness (QED) is 0.390. The van der Waals surface area contributed by atoms with Crippen molar-refractivity contribution in [1.29, 1.82) is 0 Å². The number of hydrogen-bond acceptors (Lipinski definition) is 1. The minimum absolute atomic E-state index is 0.326. The molecular formula is C28H27F3O. The highest BCUT2D eigenvalue weighted by Gasteiger charge is 2.20. The molecule has 1 saturated carbocycles. The molecule has 0 unspecified atom stereocenters. The minimum atomic E-state index is -0.896. The number of methoxy groups -OCH3 is 1. The molecule has 0 N–H and O–H groups in total. The van der Waals surface area contributed by atoms with E-state index in [-0.39, 0.29) is 5.82 Å². The molecule has 3 aromatic rings. The zero-order valence-electron chi connectivity index (χ0n) is 18.3. The van der Waals surface area contributed by atoms with Gasteiger partial charge >= 0.3 is 0 Å². The van der Waals surface area contributed by atoms with Gasteiger partial charge in [-0.05, 0) is 90.3 Å². The largest absolute Gasteiger partial charge is 0.384 e. The Morgan fingerprint density at radius 3 is 2.22 bits per heavy atom. The first kappa shape index (κ1) is 22.4. The molecule has 0 aromatic heterocycles. The van der Waals surface area contributed by atoms with Gasteiger partial charge in [0.1, 0.15) is 5.82 Å². The smallest absolute Gasteiger partial charge is 0.159 e. The molecule has 0 spiro atoms. The first-order valence-electron chi connectivity index (χ1n) is 11.2. The van der Waals surface area contributed by atoms with Gasteiger partial charge in [-0.2, -0.15) is 0 Å². The van der Waals surface area contributed by atoms with Crippen LogP contribution in [0.5, 0.6) is 0 Å². The molecule has 1 nitrogen and oxygen atoms in total. The van der Waals surface area contributed by atoms with Crippen LogP contribution in [0.3, 0.4) is 0 Å². The molecule has 0 saturated heterocycles. The van der Waals surface area contributed by atoms with Crippen molar-refractivity contribution in [2.45, 2.75) is 38.5 Å². The fourth-order valence-electron chi connectivity index (χ4n) is 4.57. The van der Waals surface area contributed by atoms with E-state index in [1.807, 2.05) is 6.07 Å². The van der Waals surface area contributed by atoms with Crippen molar-refractivity contribution in [2.24, 2.45) is 11.8 Å². The molecular weight excluding hydrogens is 409 g/mol. The van der Waals surface area contributed by atoms with Crippen molar-refractivity contribution in [3.63, 3.8) is 0 Å². The Kier molecular flexibility index (Phi) is 7.17. The van der Waals surface area contributed by atoms with Crippen LogP contribution >= 0.6 is 0 Å². The van der Waals surface area contributed by atoms with E-state index in [2.05, 4.69) is 11.8 Å². The number of hydrogen-bond donors (Lipinski definition) is 0. The number of benzene rings is 3. The molecule has 1 aliphatic carbocycles. The van der Waals surface area contributed by atoms with E-state index in [4.69, 9.17) is 4.74 Å². The van der Waals surface area contributed by atoms with Gasteiger partial charge in [0.25, 0.3) is 0 Å². The summed E-state index contributed by atoms with van der Waals surface area (Å²) in [5, 5.41) is 1.15. The van der Waals surface area contributed by atoms with E-state index >= 15 is 0 Å². The minimum Gasteiger partial charge on any atom is -0.384 e. The van der Waals surface area contributed by atoms with E-state index in [1.165, 1.54) is 25.7 Å². The van der Waals surface area contributed by atoms with Gasteiger partial charge < -0.3 is 4.74 Å². The summed E-state index contributed by atoms with van der Waals surface area (Å²) >= 11 is 0. The zero-order chi connectivity index (χ0) is 22.5. The lowest BCUT2D eigenvalue weighted by molar-refractivity contribution is 0.117. The highest BCUT2D eigenvalue weighted by molar-refractivity contribution is 5.84. The molecule has 1 aliphatic rings. The third-order valence-electron chi connectivity index (χ3n) is 6.46. The first-order valence-corrected chi connectivity index (χ1v) is 11.2.